The van der Waals surface area contributed by atoms with Crippen LogP contribution in [0.2, 0.25) is 5.02 Å². The Morgan fingerprint density at radius 3 is 2.42 bits per heavy atom. The van der Waals surface area contributed by atoms with Crippen LogP contribution in [0.15, 0.2) is 54.7 Å². The number of pyridine rings is 1. The number of nitriles is 1. The molecular weight excluding hydrogens is 750 g/mol. The number of aromatic nitrogens is 5. The van der Waals surface area contributed by atoms with Gasteiger partial charge in [-0.15, -0.1) is 0 Å². The number of carbonyl (C=O) groups is 1. The molecule has 7 rings (SSSR count). The Morgan fingerprint density at radius 2 is 1.79 bits per heavy atom. The first-order valence-electron chi connectivity index (χ1n) is 15.7. The number of alkyl halides is 4. The van der Waals surface area contributed by atoms with E-state index in [0.29, 0.717) is 16.3 Å². The van der Waals surface area contributed by atoms with Crippen LogP contribution >= 0.6 is 11.6 Å². The number of fused-ring (bicyclic) bond motifs is 4. The summed E-state index contributed by atoms with van der Waals surface area (Å²) < 4.78 is 116. The van der Waals surface area contributed by atoms with Gasteiger partial charge >= 0.3 is 0 Å². The Bertz CT molecular complexity index is 2510. The molecule has 0 bridgehead atoms. The van der Waals surface area contributed by atoms with E-state index in [1.165, 1.54) is 48.3 Å². The Morgan fingerprint density at radius 1 is 1.08 bits per heavy atom. The molecule has 53 heavy (non-hydrogen) atoms. The number of carbonyl (C=O) groups excluding carboxylic acids is 1. The molecule has 0 radical (unpaired) electrons. The lowest BCUT2D eigenvalue weighted by Gasteiger charge is -2.27. The van der Waals surface area contributed by atoms with Crippen molar-refractivity contribution in [2.75, 3.05) is 11.0 Å². The van der Waals surface area contributed by atoms with Crippen LogP contribution in [0.4, 0.5) is 32.2 Å². The highest BCUT2D eigenvalue weighted by Gasteiger charge is 2.60. The maximum atomic E-state index is 15.5. The first-order valence-corrected chi connectivity index (χ1v) is 18.0. The second-order valence-electron chi connectivity index (χ2n) is 12.7. The van der Waals surface area contributed by atoms with Crippen molar-refractivity contribution in [1.82, 2.24) is 29.9 Å². The van der Waals surface area contributed by atoms with E-state index in [-0.39, 0.29) is 56.1 Å². The van der Waals surface area contributed by atoms with Crippen molar-refractivity contribution in [2.45, 2.75) is 37.3 Å². The normalized spacial score (nSPS) is 17.7. The summed E-state index contributed by atoms with van der Waals surface area (Å²) in [5.74, 6) is -8.91. The number of hydrogen-bond donors (Lipinski definition) is 2. The molecule has 2 aliphatic carbocycles. The third-order valence-electron chi connectivity index (χ3n) is 9.08. The number of amides is 1. The van der Waals surface area contributed by atoms with Gasteiger partial charge < -0.3 is 5.32 Å². The van der Waals surface area contributed by atoms with Crippen molar-refractivity contribution in [3.8, 4) is 17.2 Å². The number of nitrogens with zero attached hydrogens (tertiary/aromatic N) is 6. The predicted molar refractivity (Wildman–Crippen MR) is 180 cm³/mol. The average molecular weight is 775 g/mol. The number of anilines is 1. The maximum absolute atomic E-state index is 15.5. The minimum atomic E-state index is -3.83. The third kappa shape index (κ3) is 6.37. The minimum Gasteiger partial charge on any atom is -0.346 e. The van der Waals surface area contributed by atoms with Crippen molar-refractivity contribution in [3.63, 3.8) is 0 Å². The summed E-state index contributed by atoms with van der Waals surface area (Å²) >= 11 is 6.51. The molecule has 2 N–H and O–H groups in total. The summed E-state index contributed by atoms with van der Waals surface area (Å²) in [6.07, 6.45) is 1.15. The number of halogens is 7. The first kappa shape index (κ1) is 36.0. The maximum Gasteiger partial charge on any atom is 0.296 e. The fourth-order valence-corrected chi connectivity index (χ4v) is 7.73. The fraction of sp³-hybridized carbons (Fsp3) is 0.265. The van der Waals surface area contributed by atoms with Crippen LogP contribution in [-0.2, 0) is 40.8 Å². The second-order valence-corrected chi connectivity index (χ2v) is 14.9. The van der Waals surface area contributed by atoms with Gasteiger partial charge in [0.2, 0.25) is 15.9 Å². The van der Waals surface area contributed by atoms with Crippen molar-refractivity contribution in [1.29, 1.82) is 5.26 Å². The van der Waals surface area contributed by atoms with Crippen molar-refractivity contribution < 1.29 is 39.6 Å². The zero-order valence-corrected chi connectivity index (χ0v) is 29.0. The molecule has 274 valence electrons. The summed E-state index contributed by atoms with van der Waals surface area (Å²) in [4.78, 5) is 18.2. The summed E-state index contributed by atoms with van der Waals surface area (Å²) in [5.41, 5.74) is -1.15. The number of rotatable bonds is 10. The molecule has 2 aliphatic rings. The number of allylic oxidation sites excluding steroid dienone is 2. The van der Waals surface area contributed by atoms with Gasteiger partial charge in [0.1, 0.15) is 35.6 Å². The highest BCUT2D eigenvalue weighted by Crippen LogP contribution is 2.60. The quantitative estimate of drug-likeness (QED) is 0.123. The Labute approximate surface area is 301 Å². The van der Waals surface area contributed by atoms with E-state index in [4.69, 9.17) is 11.6 Å². The molecule has 3 heterocycles. The number of nitrogens with one attached hydrogen (secondary N) is 2. The van der Waals surface area contributed by atoms with Crippen LogP contribution in [0.5, 0.6) is 0 Å². The molecule has 5 aromatic rings. The third-order valence-corrected chi connectivity index (χ3v) is 9.96. The number of aryl methyl sites for hydroxylation is 1. The molecule has 3 atom stereocenters. The molecule has 0 aliphatic heterocycles. The molecule has 1 amide bonds. The number of benzene rings is 2. The molecule has 11 nitrogen and oxygen atoms in total. The molecule has 3 aromatic heterocycles. The topological polar surface area (TPSA) is 148 Å². The summed E-state index contributed by atoms with van der Waals surface area (Å²) in [6, 6.07) is 7.70. The van der Waals surface area contributed by atoms with Gasteiger partial charge in [-0.2, -0.15) is 24.2 Å². The number of sulfonamides is 1. The molecule has 0 unspecified atom stereocenters. The van der Waals surface area contributed by atoms with Crippen molar-refractivity contribution in [2.24, 2.45) is 13.0 Å². The zero-order chi connectivity index (χ0) is 38.1. The van der Waals surface area contributed by atoms with E-state index in [1.54, 1.807) is 0 Å². The van der Waals surface area contributed by atoms with Gasteiger partial charge in [0.05, 0.1) is 45.4 Å². The van der Waals surface area contributed by atoms with Gasteiger partial charge in [-0.25, -0.2) is 26.0 Å². The highest BCUT2D eigenvalue weighted by molar-refractivity contribution is 7.92. The molecular formula is C34H25ClF6N8O3S. The van der Waals surface area contributed by atoms with Gasteiger partial charge in [-0.1, -0.05) is 29.8 Å². The van der Waals surface area contributed by atoms with E-state index in [0.717, 1.165) is 18.4 Å². The van der Waals surface area contributed by atoms with E-state index in [9.17, 15) is 36.0 Å². The summed E-state index contributed by atoms with van der Waals surface area (Å²) in [6.45, 7) is -0.933. The summed E-state index contributed by atoms with van der Waals surface area (Å²) in [7, 11) is -2.33. The van der Waals surface area contributed by atoms with Gasteiger partial charge in [0, 0.05) is 41.9 Å². The predicted octanol–water partition coefficient (Wildman–Crippen LogP) is 6.42. The van der Waals surface area contributed by atoms with Gasteiger partial charge in [0.15, 0.2) is 5.82 Å². The van der Waals surface area contributed by atoms with Gasteiger partial charge in [-0.3, -0.25) is 23.9 Å². The zero-order valence-electron chi connectivity index (χ0n) is 27.4. The molecule has 19 heteroatoms. The van der Waals surface area contributed by atoms with E-state index in [2.05, 4.69) is 25.2 Å². The van der Waals surface area contributed by atoms with Crippen LogP contribution < -0.4 is 10.0 Å². The molecule has 0 fully saturated rings. The monoisotopic (exact) mass is 774 g/mol. The standard InChI is InChI=1S/C34H25ClF6N8O3S/c1-48-30-19(4-6-23(35)27(30)33(46-48)47-53(2,51)52)21-9-16(12-42)13-43-28(21)24(10-15-7-17(36)11-18(37)8-15)44-25(50)14-49-31-26(29(45-49)32(38)39)20-3-5-22(20)34(31,40)41/h3-9,11,13,20,22,24,32H,10,14H2,1-2H3,(H,44,50)(H,46,47)/t20-,22+,24-/m0/s1. The largest absolute Gasteiger partial charge is 0.346 e. The average Bonchev–Trinajstić information content (AvgIpc) is 3.61. The lowest BCUT2D eigenvalue weighted by molar-refractivity contribution is -0.123. The second kappa shape index (κ2) is 12.9. The van der Waals surface area contributed by atoms with E-state index >= 15 is 8.78 Å². The van der Waals surface area contributed by atoms with Crippen molar-refractivity contribution in [3.05, 3.63) is 105 Å². The van der Waals surface area contributed by atoms with Crippen LogP contribution in [0.3, 0.4) is 0 Å². The Balaban J connectivity index is 1.35. The van der Waals surface area contributed by atoms with Crippen molar-refractivity contribution >= 4 is 44.3 Å². The minimum absolute atomic E-state index is 0.0241. The van der Waals surface area contributed by atoms with E-state index in [1.807, 2.05) is 6.07 Å². The Kier molecular flexibility index (Phi) is 8.77. The molecule has 2 aromatic carbocycles. The van der Waals surface area contributed by atoms with Crippen LogP contribution in [0.1, 0.15) is 52.2 Å². The van der Waals surface area contributed by atoms with E-state index < -0.39 is 75.7 Å². The lowest BCUT2D eigenvalue weighted by atomic mass is 9.81. The fourth-order valence-electron chi connectivity index (χ4n) is 6.99. The highest BCUT2D eigenvalue weighted by atomic mass is 35.5. The first-order chi connectivity index (χ1) is 25.0. The molecule has 0 saturated carbocycles. The van der Waals surface area contributed by atoms with Crippen LogP contribution in [-0.4, -0.2) is 45.1 Å². The van der Waals surface area contributed by atoms with Gasteiger partial charge in [0.25, 0.3) is 12.3 Å². The molecule has 0 spiro atoms. The van der Waals surface area contributed by atoms with Crippen LogP contribution in [0, 0.1) is 28.9 Å². The number of hydrogen-bond acceptors (Lipinski definition) is 7. The summed E-state index contributed by atoms with van der Waals surface area (Å²) in [5, 5.41) is 20.7. The van der Waals surface area contributed by atoms with Gasteiger partial charge in [-0.05, 0) is 36.2 Å². The lowest BCUT2D eigenvalue weighted by Crippen LogP contribution is -2.35. The SMILES string of the molecule is Cn1nc(NS(C)(=O)=O)c2c(Cl)ccc(-c3cc(C#N)cnc3[C@H](Cc3cc(F)cc(F)c3)NC(=O)Cn3nc(C(F)F)c4c3C(F)(F)[C@@H]3C=C[C@H]43)c21. The smallest absolute Gasteiger partial charge is 0.296 e. The van der Waals surface area contributed by atoms with Crippen LogP contribution in [0.25, 0.3) is 22.0 Å². The molecule has 0 saturated heterocycles. The Hall–Kier alpha value is -5.41.